The SMILES string of the molecule is O=[N+]([O-])c1ccccc1/C=N/c1n[nH]c(=S)s1. The lowest BCUT2D eigenvalue weighted by molar-refractivity contribution is -0.385. The van der Waals surface area contributed by atoms with E-state index in [2.05, 4.69) is 15.2 Å². The third-order valence-corrected chi connectivity index (χ3v) is 2.87. The fourth-order valence-corrected chi connectivity index (χ4v) is 1.89. The molecule has 0 bridgehead atoms. The van der Waals surface area contributed by atoms with Crippen LogP contribution in [0, 0.1) is 14.1 Å². The largest absolute Gasteiger partial charge is 0.278 e. The van der Waals surface area contributed by atoms with E-state index in [1.54, 1.807) is 18.2 Å². The molecule has 0 aliphatic rings. The molecule has 0 fully saturated rings. The molecule has 8 heteroatoms. The predicted molar refractivity (Wildman–Crippen MR) is 67.6 cm³/mol. The van der Waals surface area contributed by atoms with E-state index >= 15 is 0 Å². The van der Waals surface area contributed by atoms with Crippen LogP contribution in [-0.2, 0) is 0 Å². The van der Waals surface area contributed by atoms with Crippen molar-refractivity contribution in [3.8, 4) is 0 Å². The third-order valence-electron chi connectivity index (χ3n) is 1.87. The normalized spacial score (nSPS) is 10.8. The highest BCUT2D eigenvalue weighted by Gasteiger charge is 2.09. The van der Waals surface area contributed by atoms with E-state index in [0.29, 0.717) is 14.6 Å². The topological polar surface area (TPSA) is 84.2 Å². The lowest BCUT2D eigenvalue weighted by Crippen LogP contribution is -1.93. The van der Waals surface area contributed by atoms with Crippen molar-refractivity contribution in [3.05, 3.63) is 43.9 Å². The van der Waals surface area contributed by atoms with Gasteiger partial charge in [0.05, 0.1) is 10.5 Å². The Morgan fingerprint density at radius 2 is 2.29 bits per heavy atom. The van der Waals surface area contributed by atoms with E-state index < -0.39 is 4.92 Å². The molecule has 1 aromatic heterocycles. The molecule has 0 amide bonds. The summed E-state index contributed by atoms with van der Waals surface area (Å²) in [5.41, 5.74) is 0.439. The quantitative estimate of drug-likeness (QED) is 0.400. The van der Waals surface area contributed by atoms with Gasteiger partial charge in [0.1, 0.15) is 0 Å². The Kier molecular flexibility index (Phi) is 3.35. The molecule has 0 aliphatic carbocycles. The molecule has 1 N–H and O–H groups in total. The number of para-hydroxylation sites is 1. The first-order chi connectivity index (χ1) is 8.16. The number of nitrogens with zero attached hydrogens (tertiary/aromatic N) is 3. The van der Waals surface area contributed by atoms with Crippen LogP contribution in [0.15, 0.2) is 29.3 Å². The van der Waals surface area contributed by atoms with Gasteiger partial charge in [0.15, 0.2) is 3.95 Å². The molecule has 17 heavy (non-hydrogen) atoms. The van der Waals surface area contributed by atoms with Crippen LogP contribution in [0.25, 0.3) is 0 Å². The van der Waals surface area contributed by atoms with Crippen LogP contribution < -0.4 is 0 Å². The molecule has 0 atom stereocenters. The third kappa shape index (κ3) is 2.80. The first-order valence-corrected chi connectivity index (χ1v) is 5.72. The maximum absolute atomic E-state index is 10.7. The summed E-state index contributed by atoms with van der Waals surface area (Å²) in [6.07, 6.45) is 1.40. The minimum Gasteiger partial charge on any atom is -0.258 e. The summed E-state index contributed by atoms with van der Waals surface area (Å²) in [6, 6.07) is 6.36. The van der Waals surface area contributed by atoms with Crippen molar-refractivity contribution in [1.82, 2.24) is 10.2 Å². The van der Waals surface area contributed by atoms with Crippen LogP contribution in [0.4, 0.5) is 10.8 Å². The number of aromatic amines is 1. The Morgan fingerprint density at radius 1 is 1.53 bits per heavy atom. The van der Waals surface area contributed by atoms with Gasteiger partial charge >= 0.3 is 0 Å². The van der Waals surface area contributed by atoms with E-state index in [4.69, 9.17) is 12.2 Å². The number of rotatable bonds is 3. The number of aliphatic imine (C=N–C) groups is 1. The Labute approximate surface area is 105 Å². The molecule has 1 aromatic carbocycles. The van der Waals surface area contributed by atoms with E-state index in [9.17, 15) is 10.1 Å². The second-order valence-electron chi connectivity index (χ2n) is 2.97. The second kappa shape index (κ2) is 4.93. The molecular formula is C9H6N4O2S2. The maximum Gasteiger partial charge on any atom is 0.278 e. The summed E-state index contributed by atoms with van der Waals surface area (Å²) < 4.78 is 0.514. The van der Waals surface area contributed by atoms with Crippen LogP contribution in [0.1, 0.15) is 5.56 Å². The van der Waals surface area contributed by atoms with Crippen molar-refractivity contribution in [1.29, 1.82) is 0 Å². The molecule has 2 aromatic rings. The Bertz CT molecular complexity index is 632. The average Bonchev–Trinajstić information content (AvgIpc) is 2.73. The minimum atomic E-state index is -0.451. The average molecular weight is 266 g/mol. The van der Waals surface area contributed by atoms with Gasteiger partial charge in [-0.1, -0.05) is 23.5 Å². The fraction of sp³-hybridized carbons (Fsp3) is 0. The van der Waals surface area contributed by atoms with Crippen molar-refractivity contribution in [2.24, 2.45) is 4.99 Å². The lowest BCUT2D eigenvalue weighted by atomic mass is 10.2. The highest BCUT2D eigenvalue weighted by atomic mass is 32.1. The molecule has 0 radical (unpaired) electrons. The molecule has 0 unspecified atom stereocenters. The Morgan fingerprint density at radius 3 is 2.94 bits per heavy atom. The summed E-state index contributed by atoms with van der Waals surface area (Å²) in [5.74, 6) is 0. The number of nitrogens with one attached hydrogen (secondary N) is 1. The summed E-state index contributed by atoms with van der Waals surface area (Å²) in [4.78, 5) is 14.3. The Balaban J connectivity index is 2.33. The van der Waals surface area contributed by atoms with Gasteiger partial charge in [-0.15, -0.1) is 5.10 Å². The molecule has 86 valence electrons. The highest BCUT2D eigenvalue weighted by Crippen LogP contribution is 2.18. The smallest absolute Gasteiger partial charge is 0.258 e. The summed E-state index contributed by atoms with van der Waals surface area (Å²) in [7, 11) is 0. The zero-order valence-electron chi connectivity index (χ0n) is 8.36. The number of H-pyrrole nitrogens is 1. The van der Waals surface area contributed by atoms with E-state index in [1.165, 1.54) is 23.6 Å². The van der Waals surface area contributed by atoms with Gasteiger partial charge in [-0.3, -0.25) is 15.2 Å². The summed E-state index contributed by atoms with van der Waals surface area (Å²) in [6.45, 7) is 0. The van der Waals surface area contributed by atoms with Gasteiger partial charge < -0.3 is 0 Å². The van der Waals surface area contributed by atoms with Gasteiger partial charge in [-0.2, -0.15) is 0 Å². The van der Waals surface area contributed by atoms with Crippen LogP contribution in [0.2, 0.25) is 0 Å². The van der Waals surface area contributed by atoms with E-state index in [0.717, 1.165) is 0 Å². The maximum atomic E-state index is 10.7. The minimum absolute atomic E-state index is 0.00961. The predicted octanol–water partition coefficient (Wildman–Crippen LogP) is 2.86. The second-order valence-corrected chi connectivity index (χ2v) is 4.61. The number of hydrogen-bond acceptors (Lipinski definition) is 6. The number of nitro benzene ring substituents is 1. The molecule has 6 nitrogen and oxygen atoms in total. The summed E-state index contributed by atoms with van der Waals surface area (Å²) in [5, 5.41) is 17.6. The van der Waals surface area contributed by atoms with Gasteiger partial charge in [0.25, 0.3) is 5.69 Å². The van der Waals surface area contributed by atoms with Gasteiger partial charge in [0.2, 0.25) is 5.13 Å². The zero-order valence-corrected chi connectivity index (χ0v) is 9.99. The molecule has 0 aliphatic heterocycles. The van der Waals surface area contributed by atoms with Crippen molar-refractivity contribution in [2.45, 2.75) is 0 Å². The molecule has 2 rings (SSSR count). The van der Waals surface area contributed by atoms with Gasteiger partial charge in [0, 0.05) is 12.3 Å². The zero-order chi connectivity index (χ0) is 12.3. The lowest BCUT2D eigenvalue weighted by Gasteiger charge is -1.94. The molecular weight excluding hydrogens is 260 g/mol. The molecule has 0 saturated heterocycles. The number of hydrogen-bond donors (Lipinski definition) is 1. The molecule has 0 saturated carbocycles. The molecule has 0 spiro atoms. The van der Waals surface area contributed by atoms with Crippen LogP contribution in [0.3, 0.4) is 0 Å². The van der Waals surface area contributed by atoms with E-state index in [-0.39, 0.29) is 5.69 Å². The van der Waals surface area contributed by atoms with E-state index in [1.807, 2.05) is 0 Å². The Hall–Kier alpha value is -1.93. The highest BCUT2D eigenvalue weighted by molar-refractivity contribution is 7.73. The summed E-state index contributed by atoms with van der Waals surface area (Å²) >= 11 is 6.05. The van der Waals surface area contributed by atoms with Gasteiger partial charge in [-0.05, 0) is 18.3 Å². The first-order valence-electron chi connectivity index (χ1n) is 4.50. The standard InChI is InChI=1S/C9H6N4O2S2/c14-13(15)7-4-2-1-3-6(7)5-10-8-11-12-9(16)17-8/h1-5H,(H,12,16)/b10-5+. The van der Waals surface area contributed by atoms with Crippen LogP contribution in [-0.4, -0.2) is 21.3 Å². The molecule has 1 heterocycles. The van der Waals surface area contributed by atoms with Crippen molar-refractivity contribution in [3.63, 3.8) is 0 Å². The first kappa shape index (κ1) is 11.6. The van der Waals surface area contributed by atoms with Crippen LogP contribution >= 0.6 is 23.6 Å². The fourth-order valence-electron chi connectivity index (χ4n) is 1.16. The van der Waals surface area contributed by atoms with Crippen molar-refractivity contribution < 1.29 is 4.92 Å². The van der Waals surface area contributed by atoms with Crippen molar-refractivity contribution in [2.75, 3.05) is 0 Å². The van der Waals surface area contributed by atoms with Crippen LogP contribution in [0.5, 0.6) is 0 Å². The van der Waals surface area contributed by atoms with Crippen molar-refractivity contribution >= 4 is 40.6 Å². The number of benzene rings is 1. The number of aromatic nitrogens is 2. The monoisotopic (exact) mass is 266 g/mol. The van der Waals surface area contributed by atoms with Gasteiger partial charge in [-0.25, -0.2) is 4.99 Å². The number of nitro groups is 1.